The van der Waals surface area contributed by atoms with Gasteiger partial charge in [0.25, 0.3) is 5.91 Å². The molecule has 1 heterocycles. The molecule has 0 unspecified atom stereocenters. The molecule has 1 fully saturated rings. The third kappa shape index (κ3) is 4.09. The summed E-state index contributed by atoms with van der Waals surface area (Å²) >= 11 is 12.4. The van der Waals surface area contributed by atoms with Crippen molar-refractivity contribution in [1.82, 2.24) is 4.90 Å². The molecule has 1 aromatic rings. The van der Waals surface area contributed by atoms with Crippen molar-refractivity contribution >= 4 is 57.9 Å². The Kier molecular flexibility index (Phi) is 5.61. The van der Waals surface area contributed by atoms with Crippen molar-refractivity contribution < 1.29 is 14.3 Å². The van der Waals surface area contributed by atoms with Crippen LogP contribution in [0.5, 0.6) is 0 Å². The predicted octanol–water partition coefficient (Wildman–Crippen LogP) is 3.49. The maximum atomic E-state index is 12.4. The second-order valence-corrected chi connectivity index (χ2v) is 6.91. The number of thioether (sulfide) groups is 1. The number of carbonyl (C=O) groups is 2. The number of hydrogen-bond acceptors (Lipinski definition) is 5. The summed E-state index contributed by atoms with van der Waals surface area (Å²) in [6, 6.07) is 7.20. The molecule has 1 aromatic carbocycles. The Balaban J connectivity index is 2.15. The van der Waals surface area contributed by atoms with Crippen LogP contribution in [0.15, 0.2) is 29.2 Å². The van der Waals surface area contributed by atoms with Gasteiger partial charge in [-0.25, -0.2) is 0 Å². The SMILES string of the molecule is CC(C)OC(=O)CN1C(=O)/C(=C/c2ccccc2Cl)SC1=S. The molecule has 22 heavy (non-hydrogen) atoms. The van der Waals surface area contributed by atoms with Crippen LogP contribution in [0.2, 0.25) is 5.02 Å². The van der Waals surface area contributed by atoms with E-state index in [0.29, 0.717) is 14.2 Å². The maximum absolute atomic E-state index is 12.4. The molecule has 0 saturated carbocycles. The molecule has 0 N–H and O–H groups in total. The molecular formula is C15H14ClNO3S2. The molecule has 1 aliphatic heterocycles. The van der Waals surface area contributed by atoms with Gasteiger partial charge in [0, 0.05) is 5.02 Å². The highest BCUT2D eigenvalue weighted by molar-refractivity contribution is 8.26. The van der Waals surface area contributed by atoms with E-state index in [1.807, 2.05) is 18.2 Å². The number of benzene rings is 1. The van der Waals surface area contributed by atoms with Gasteiger partial charge in [0.1, 0.15) is 10.9 Å². The Bertz CT molecular complexity index is 658. The Morgan fingerprint density at radius 2 is 2.14 bits per heavy atom. The van der Waals surface area contributed by atoms with Crippen molar-refractivity contribution in [3.05, 3.63) is 39.8 Å². The third-order valence-corrected chi connectivity index (χ3v) is 4.44. The van der Waals surface area contributed by atoms with Gasteiger partial charge in [0.2, 0.25) is 0 Å². The molecule has 0 atom stereocenters. The molecule has 0 aliphatic carbocycles. The average molecular weight is 356 g/mol. The van der Waals surface area contributed by atoms with Gasteiger partial charge in [-0.15, -0.1) is 0 Å². The summed E-state index contributed by atoms with van der Waals surface area (Å²) in [5.74, 6) is -0.791. The first-order valence-electron chi connectivity index (χ1n) is 6.58. The summed E-state index contributed by atoms with van der Waals surface area (Å²) < 4.78 is 5.38. The number of esters is 1. The van der Waals surface area contributed by atoms with Gasteiger partial charge in [-0.05, 0) is 31.6 Å². The number of thiocarbonyl (C=S) groups is 1. The highest BCUT2D eigenvalue weighted by Crippen LogP contribution is 2.33. The van der Waals surface area contributed by atoms with Crippen LogP contribution in [0, 0.1) is 0 Å². The smallest absolute Gasteiger partial charge is 0.326 e. The zero-order valence-electron chi connectivity index (χ0n) is 12.0. The summed E-state index contributed by atoms with van der Waals surface area (Å²) in [5.41, 5.74) is 0.731. The zero-order chi connectivity index (χ0) is 16.3. The summed E-state index contributed by atoms with van der Waals surface area (Å²) in [4.78, 5) is 25.7. The van der Waals surface area contributed by atoms with Gasteiger partial charge in [-0.1, -0.05) is 53.8 Å². The quantitative estimate of drug-likeness (QED) is 0.470. The fourth-order valence-corrected chi connectivity index (χ4v) is 3.24. The molecule has 116 valence electrons. The Morgan fingerprint density at radius 1 is 1.45 bits per heavy atom. The molecule has 0 spiro atoms. The van der Waals surface area contributed by atoms with E-state index < -0.39 is 5.97 Å². The summed E-state index contributed by atoms with van der Waals surface area (Å²) in [6.45, 7) is 3.32. The number of halogens is 1. The van der Waals surface area contributed by atoms with Gasteiger partial charge in [-0.3, -0.25) is 14.5 Å². The standard InChI is InChI=1S/C15H14ClNO3S2/c1-9(2)20-13(18)8-17-14(19)12(22-15(17)21)7-10-5-3-4-6-11(10)16/h3-7,9H,8H2,1-2H3/b12-7-. The second-order valence-electron chi connectivity index (χ2n) is 4.83. The van der Waals surface area contributed by atoms with E-state index in [1.54, 1.807) is 26.0 Å². The van der Waals surface area contributed by atoms with E-state index in [0.717, 1.165) is 17.3 Å². The molecule has 1 amide bonds. The normalized spacial score (nSPS) is 16.7. The van der Waals surface area contributed by atoms with Crippen molar-refractivity contribution in [3.63, 3.8) is 0 Å². The molecule has 0 bridgehead atoms. The number of nitrogens with zero attached hydrogens (tertiary/aromatic N) is 1. The van der Waals surface area contributed by atoms with Crippen molar-refractivity contribution in [2.24, 2.45) is 0 Å². The number of hydrogen-bond donors (Lipinski definition) is 0. The molecule has 1 aliphatic rings. The Hall–Kier alpha value is -1.37. The average Bonchev–Trinajstić information content (AvgIpc) is 2.68. The number of carbonyl (C=O) groups excluding carboxylic acids is 2. The molecule has 1 saturated heterocycles. The summed E-state index contributed by atoms with van der Waals surface area (Å²) in [6.07, 6.45) is 1.44. The minimum absolute atomic E-state index is 0.178. The molecule has 0 radical (unpaired) electrons. The molecular weight excluding hydrogens is 342 g/mol. The molecule has 4 nitrogen and oxygen atoms in total. The van der Waals surface area contributed by atoms with Gasteiger partial charge < -0.3 is 4.74 Å². The number of ether oxygens (including phenoxy) is 1. The maximum Gasteiger partial charge on any atom is 0.326 e. The lowest BCUT2D eigenvalue weighted by Crippen LogP contribution is -2.35. The Labute approximate surface area is 143 Å². The van der Waals surface area contributed by atoms with Gasteiger partial charge in [-0.2, -0.15) is 0 Å². The predicted molar refractivity (Wildman–Crippen MR) is 92.6 cm³/mol. The van der Waals surface area contributed by atoms with E-state index >= 15 is 0 Å². The van der Waals surface area contributed by atoms with Crippen LogP contribution in [0.4, 0.5) is 0 Å². The van der Waals surface area contributed by atoms with Crippen LogP contribution in [-0.4, -0.2) is 33.7 Å². The van der Waals surface area contributed by atoms with Crippen LogP contribution in [-0.2, 0) is 14.3 Å². The van der Waals surface area contributed by atoms with Gasteiger partial charge in [0.05, 0.1) is 11.0 Å². The van der Waals surface area contributed by atoms with Gasteiger partial charge in [0.15, 0.2) is 0 Å². The second kappa shape index (κ2) is 7.26. The first-order chi connectivity index (χ1) is 10.4. The monoisotopic (exact) mass is 355 g/mol. The number of rotatable bonds is 4. The van der Waals surface area contributed by atoms with Crippen molar-refractivity contribution in [3.8, 4) is 0 Å². The highest BCUT2D eigenvalue weighted by atomic mass is 35.5. The van der Waals surface area contributed by atoms with Crippen LogP contribution in [0.1, 0.15) is 19.4 Å². The largest absolute Gasteiger partial charge is 0.462 e. The molecule has 2 rings (SSSR count). The zero-order valence-corrected chi connectivity index (χ0v) is 14.4. The molecule has 0 aromatic heterocycles. The van der Waals surface area contributed by atoms with E-state index in [9.17, 15) is 9.59 Å². The van der Waals surface area contributed by atoms with Gasteiger partial charge >= 0.3 is 5.97 Å². The van der Waals surface area contributed by atoms with Crippen LogP contribution in [0.25, 0.3) is 6.08 Å². The lowest BCUT2D eigenvalue weighted by Gasteiger charge is -2.14. The lowest BCUT2D eigenvalue weighted by molar-refractivity contribution is -0.149. The number of amides is 1. The van der Waals surface area contributed by atoms with Crippen LogP contribution < -0.4 is 0 Å². The first-order valence-corrected chi connectivity index (χ1v) is 8.18. The molecule has 7 heteroatoms. The Morgan fingerprint density at radius 3 is 2.77 bits per heavy atom. The minimum Gasteiger partial charge on any atom is -0.462 e. The fraction of sp³-hybridized carbons (Fsp3) is 0.267. The van der Waals surface area contributed by atoms with E-state index in [2.05, 4.69) is 0 Å². The third-order valence-electron chi connectivity index (χ3n) is 2.72. The highest BCUT2D eigenvalue weighted by Gasteiger charge is 2.34. The topological polar surface area (TPSA) is 46.6 Å². The van der Waals surface area contributed by atoms with E-state index in [1.165, 1.54) is 4.90 Å². The lowest BCUT2D eigenvalue weighted by atomic mass is 10.2. The van der Waals surface area contributed by atoms with Crippen LogP contribution in [0.3, 0.4) is 0 Å². The van der Waals surface area contributed by atoms with Crippen molar-refractivity contribution in [2.45, 2.75) is 20.0 Å². The van der Waals surface area contributed by atoms with E-state index in [4.69, 9.17) is 28.6 Å². The van der Waals surface area contributed by atoms with Crippen molar-refractivity contribution in [1.29, 1.82) is 0 Å². The van der Waals surface area contributed by atoms with Crippen molar-refractivity contribution in [2.75, 3.05) is 6.54 Å². The summed E-state index contributed by atoms with van der Waals surface area (Å²) in [5, 5.41) is 0.548. The van der Waals surface area contributed by atoms with E-state index in [-0.39, 0.29) is 18.6 Å². The minimum atomic E-state index is -0.481. The fourth-order valence-electron chi connectivity index (χ4n) is 1.80. The summed E-state index contributed by atoms with van der Waals surface area (Å²) in [7, 11) is 0. The first kappa shape index (κ1) is 17.0. The van der Waals surface area contributed by atoms with Crippen LogP contribution >= 0.6 is 35.6 Å².